The molecule has 110 valence electrons. The molecule has 4 nitrogen and oxygen atoms in total. The van der Waals surface area contributed by atoms with Crippen molar-refractivity contribution in [3.05, 3.63) is 57.6 Å². The second-order valence-electron chi connectivity index (χ2n) is 4.44. The third-order valence-electron chi connectivity index (χ3n) is 2.94. The van der Waals surface area contributed by atoms with E-state index in [-0.39, 0.29) is 30.2 Å². The van der Waals surface area contributed by atoms with Crippen LogP contribution in [0.15, 0.2) is 36.4 Å². The van der Waals surface area contributed by atoms with Crippen LogP contribution in [0.3, 0.4) is 0 Å². The first-order valence-electron chi connectivity index (χ1n) is 6.19. The summed E-state index contributed by atoms with van der Waals surface area (Å²) in [4.78, 5) is 10.8. The van der Waals surface area contributed by atoms with Crippen molar-refractivity contribution in [2.45, 2.75) is 6.42 Å². The number of carboxylic acid groups (broad SMARTS) is 1. The van der Waals surface area contributed by atoms with Gasteiger partial charge in [-0.15, -0.1) is 0 Å². The molecule has 0 fully saturated rings. The van der Waals surface area contributed by atoms with Crippen molar-refractivity contribution in [2.24, 2.45) is 0 Å². The molecule has 2 aromatic rings. The number of anilines is 1. The Balaban J connectivity index is 0.00000242. The molecule has 0 radical (unpaired) electrons. The molecule has 0 bridgehead atoms. The number of aromatic hydroxyl groups is 1. The minimum Gasteiger partial charge on any atom is -0.545 e. The molecule has 0 saturated carbocycles. The van der Waals surface area contributed by atoms with E-state index in [4.69, 9.17) is 23.2 Å². The van der Waals surface area contributed by atoms with Crippen molar-refractivity contribution < 1.29 is 33.9 Å². The van der Waals surface area contributed by atoms with Gasteiger partial charge in [0.2, 0.25) is 0 Å². The van der Waals surface area contributed by atoms with E-state index in [2.05, 4.69) is 5.32 Å². The fraction of sp³-hybridized carbons (Fsp3) is 0.133. The van der Waals surface area contributed by atoms with Gasteiger partial charge in [-0.3, -0.25) is 0 Å². The summed E-state index contributed by atoms with van der Waals surface area (Å²) in [7, 11) is 0. The first kappa shape index (κ1) is 18.7. The number of rotatable bonds is 5. The number of aromatic carboxylic acids is 1. The van der Waals surface area contributed by atoms with Gasteiger partial charge in [-0.05, 0) is 42.3 Å². The van der Waals surface area contributed by atoms with Crippen LogP contribution < -0.4 is 29.3 Å². The van der Waals surface area contributed by atoms with Crippen LogP contribution in [0, 0.1) is 0 Å². The maximum absolute atomic E-state index is 10.8. The van der Waals surface area contributed by atoms with Gasteiger partial charge in [-0.25, -0.2) is 0 Å². The first-order valence-corrected chi connectivity index (χ1v) is 6.95. The van der Waals surface area contributed by atoms with Crippen molar-refractivity contribution in [2.75, 3.05) is 11.9 Å². The van der Waals surface area contributed by atoms with Crippen molar-refractivity contribution in [3.63, 3.8) is 0 Å². The molecule has 0 atom stereocenters. The zero-order chi connectivity index (χ0) is 15.4. The number of halogens is 2. The fourth-order valence-corrected chi connectivity index (χ4v) is 2.18. The zero-order valence-electron chi connectivity index (χ0n) is 11.9. The van der Waals surface area contributed by atoms with E-state index < -0.39 is 5.97 Å². The molecule has 2 N–H and O–H groups in total. The molecule has 0 aliphatic rings. The van der Waals surface area contributed by atoms with Crippen molar-refractivity contribution in [3.8, 4) is 5.75 Å². The summed E-state index contributed by atoms with van der Waals surface area (Å²) in [5.74, 6) is -1.73. The Morgan fingerprint density at radius 1 is 1.14 bits per heavy atom. The second kappa shape index (κ2) is 8.35. The number of carboxylic acids is 1. The Morgan fingerprint density at radius 2 is 1.86 bits per heavy atom. The maximum atomic E-state index is 10.8. The van der Waals surface area contributed by atoms with Gasteiger partial charge >= 0.3 is 18.9 Å². The minimum atomic E-state index is -1.42. The molecule has 22 heavy (non-hydrogen) atoms. The summed E-state index contributed by atoms with van der Waals surface area (Å²) in [6.07, 6.45) is 0.693. The zero-order valence-corrected chi connectivity index (χ0v) is 13.4. The average Bonchev–Trinajstić information content (AvgIpc) is 2.44. The summed E-state index contributed by atoms with van der Waals surface area (Å²) in [6.45, 7) is 0.579. The van der Waals surface area contributed by atoms with Crippen LogP contribution in [0.2, 0.25) is 10.0 Å². The summed E-state index contributed by atoms with van der Waals surface area (Å²) in [5.41, 5.74) is 1.36. The molecule has 2 aromatic carbocycles. The number of hydrogen-bond donors (Lipinski definition) is 2. The SMILES string of the molecule is O=C([O-])c1cc(NCCc2ccc(Cl)c(Cl)c2)ccc1O.[Li+]. The van der Waals surface area contributed by atoms with Crippen LogP contribution in [-0.4, -0.2) is 17.6 Å². The normalized spacial score (nSPS) is 9.91. The van der Waals surface area contributed by atoms with E-state index in [1.165, 1.54) is 12.1 Å². The first-order chi connectivity index (χ1) is 9.97. The molecule has 2 rings (SSSR count). The van der Waals surface area contributed by atoms with Gasteiger partial charge < -0.3 is 20.3 Å². The van der Waals surface area contributed by atoms with Gasteiger partial charge in [0.25, 0.3) is 0 Å². The van der Waals surface area contributed by atoms with Gasteiger partial charge in [0.1, 0.15) is 5.75 Å². The Kier molecular flexibility index (Phi) is 7.11. The third-order valence-corrected chi connectivity index (χ3v) is 3.68. The number of phenols is 1. The number of nitrogens with one attached hydrogen (secondary N) is 1. The minimum absolute atomic E-state index is 0. The van der Waals surface area contributed by atoms with E-state index in [1.54, 1.807) is 18.2 Å². The number of carbonyl (C=O) groups excluding carboxylic acids is 1. The predicted octanol–water partition coefficient (Wildman–Crippen LogP) is -0.279. The predicted molar refractivity (Wildman–Crippen MR) is 81.1 cm³/mol. The monoisotopic (exact) mass is 331 g/mol. The summed E-state index contributed by atoms with van der Waals surface area (Å²) < 4.78 is 0. The van der Waals surface area contributed by atoms with Gasteiger partial charge in [0.05, 0.1) is 16.0 Å². The quantitative estimate of drug-likeness (QED) is 0.584. The second-order valence-corrected chi connectivity index (χ2v) is 5.26. The molecule has 7 heteroatoms. The molecular formula is C15H12Cl2LiNO3. The van der Waals surface area contributed by atoms with Crippen LogP contribution in [0.25, 0.3) is 0 Å². The summed E-state index contributed by atoms with van der Waals surface area (Å²) in [6, 6.07) is 9.63. The third kappa shape index (κ3) is 4.86. The van der Waals surface area contributed by atoms with Crippen LogP contribution in [0.5, 0.6) is 5.75 Å². The molecule has 0 unspecified atom stereocenters. The summed E-state index contributed by atoms with van der Waals surface area (Å²) >= 11 is 11.8. The van der Waals surface area contributed by atoms with Crippen LogP contribution in [0.4, 0.5) is 5.69 Å². The van der Waals surface area contributed by atoms with Crippen molar-refractivity contribution >= 4 is 34.9 Å². The van der Waals surface area contributed by atoms with Gasteiger partial charge in [-0.1, -0.05) is 29.3 Å². The Labute approximate surface area is 150 Å². The summed E-state index contributed by atoms with van der Waals surface area (Å²) in [5, 5.41) is 24.3. The van der Waals surface area contributed by atoms with E-state index >= 15 is 0 Å². The van der Waals surface area contributed by atoms with E-state index in [1.807, 2.05) is 6.07 Å². The Morgan fingerprint density at radius 3 is 2.50 bits per heavy atom. The van der Waals surface area contributed by atoms with Gasteiger partial charge in [0, 0.05) is 17.8 Å². The Bertz CT molecular complexity index is 680. The molecule has 0 aliphatic heterocycles. The maximum Gasteiger partial charge on any atom is 1.00 e. The van der Waals surface area contributed by atoms with E-state index in [0.717, 1.165) is 5.56 Å². The number of hydrogen-bond acceptors (Lipinski definition) is 4. The molecule has 0 spiro atoms. The van der Waals surface area contributed by atoms with Crippen LogP contribution >= 0.6 is 23.2 Å². The molecular weight excluding hydrogens is 320 g/mol. The van der Waals surface area contributed by atoms with Crippen molar-refractivity contribution in [1.82, 2.24) is 0 Å². The van der Waals surface area contributed by atoms with E-state index in [9.17, 15) is 15.0 Å². The average molecular weight is 332 g/mol. The van der Waals surface area contributed by atoms with E-state index in [0.29, 0.717) is 28.7 Å². The van der Waals surface area contributed by atoms with Gasteiger partial charge in [0.15, 0.2) is 0 Å². The fourth-order valence-electron chi connectivity index (χ4n) is 1.86. The Hall–Kier alpha value is -1.31. The largest absolute Gasteiger partial charge is 1.00 e. The van der Waals surface area contributed by atoms with Crippen LogP contribution in [-0.2, 0) is 6.42 Å². The number of benzene rings is 2. The van der Waals surface area contributed by atoms with Crippen LogP contribution in [0.1, 0.15) is 15.9 Å². The standard InChI is InChI=1S/C15H13Cl2NO3.Li/c16-12-3-1-9(7-13(12)17)5-6-18-10-2-4-14(19)11(8-10)15(20)21;/h1-4,7-8,18-19H,5-6H2,(H,20,21);/q;+1/p-1. The molecule has 0 heterocycles. The smallest absolute Gasteiger partial charge is 0.545 e. The van der Waals surface area contributed by atoms with Crippen molar-refractivity contribution in [1.29, 1.82) is 0 Å². The van der Waals surface area contributed by atoms with Gasteiger partial charge in [-0.2, -0.15) is 0 Å². The molecule has 0 aromatic heterocycles. The molecule has 0 saturated heterocycles. The molecule has 0 aliphatic carbocycles. The number of carbonyl (C=O) groups is 1. The molecule has 0 amide bonds. The topological polar surface area (TPSA) is 72.4 Å².